The Bertz CT molecular complexity index is 453. The first-order valence-corrected chi connectivity index (χ1v) is 7.97. The molecule has 2 nitrogen and oxygen atoms in total. The molecule has 0 N–H and O–H groups in total. The molecule has 0 spiro atoms. The maximum Gasteiger partial charge on any atom is 0.0489 e. The second kappa shape index (κ2) is 3.41. The van der Waals surface area contributed by atoms with Crippen molar-refractivity contribution in [3.8, 4) is 0 Å². The van der Waals surface area contributed by atoms with Crippen LogP contribution >= 0.6 is 12.6 Å². The normalized spacial score (nSPS) is 51.7. The van der Waals surface area contributed by atoms with E-state index in [0.717, 1.165) is 6.54 Å². The number of aromatic nitrogens is 2. The van der Waals surface area contributed by atoms with Crippen LogP contribution in [0.4, 0.5) is 0 Å². The van der Waals surface area contributed by atoms with Gasteiger partial charge in [-0.25, -0.2) is 0 Å². The monoisotopic (exact) mass is 276 g/mol. The largest absolute Gasteiger partial charge is 0.272 e. The van der Waals surface area contributed by atoms with Crippen molar-refractivity contribution in [3.05, 3.63) is 18.5 Å². The Morgan fingerprint density at radius 3 is 2.26 bits per heavy atom. The third kappa shape index (κ3) is 1.88. The van der Waals surface area contributed by atoms with E-state index in [1.807, 2.05) is 12.3 Å². The Morgan fingerprint density at radius 1 is 1.05 bits per heavy atom. The molecular formula is C16H24N2S. The highest BCUT2D eigenvalue weighted by atomic mass is 32.1. The van der Waals surface area contributed by atoms with Gasteiger partial charge in [0, 0.05) is 23.7 Å². The molecule has 19 heavy (non-hydrogen) atoms. The average molecular weight is 276 g/mol. The van der Waals surface area contributed by atoms with Gasteiger partial charge in [0.2, 0.25) is 0 Å². The fourth-order valence-corrected chi connectivity index (χ4v) is 7.88. The highest BCUT2D eigenvalue weighted by molar-refractivity contribution is 7.81. The van der Waals surface area contributed by atoms with Gasteiger partial charge in [-0.15, -0.1) is 0 Å². The summed E-state index contributed by atoms with van der Waals surface area (Å²) in [5.41, 5.74) is 1.46. The quantitative estimate of drug-likeness (QED) is 0.810. The SMILES string of the molecule is C[C@]12CC3(S)CC(Cn4cccn4)(C1)C[C@@](C)(C3)C2. The topological polar surface area (TPSA) is 17.8 Å². The summed E-state index contributed by atoms with van der Waals surface area (Å²) in [6, 6.07) is 2.04. The van der Waals surface area contributed by atoms with Crippen molar-refractivity contribution < 1.29 is 0 Å². The average Bonchev–Trinajstić information content (AvgIpc) is 2.60. The summed E-state index contributed by atoms with van der Waals surface area (Å²) in [6.45, 7) is 6.10. The Balaban J connectivity index is 1.73. The standard InChI is InChI=1S/C16H24N2S/c1-13-6-14(2)8-15(7-13,11-16(19,9-13)10-14)12-18-5-3-4-17-18/h3-5,19H,6-12H2,1-2H3/t13-,14+,15?,16?. The van der Waals surface area contributed by atoms with E-state index in [9.17, 15) is 0 Å². The highest BCUT2D eigenvalue weighted by Crippen LogP contribution is 2.72. The van der Waals surface area contributed by atoms with Crippen molar-refractivity contribution >= 4 is 12.6 Å². The van der Waals surface area contributed by atoms with Gasteiger partial charge in [-0.2, -0.15) is 17.7 Å². The maximum absolute atomic E-state index is 5.13. The van der Waals surface area contributed by atoms with Gasteiger partial charge in [0.25, 0.3) is 0 Å². The molecule has 0 radical (unpaired) electrons. The summed E-state index contributed by atoms with van der Waals surface area (Å²) in [7, 11) is 0. The minimum atomic E-state index is 0.283. The van der Waals surface area contributed by atoms with Crippen LogP contribution < -0.4 is 0 Å². The number of rotatable bonds is 2. The lowest BCUT2D eigenvalue weighted by atomic mass is 9.40. The van der Waals surface area contributed by atoms with Crippen molar-refractivity contribution in [2.24, 2.45) is 16.2 Å². The number of hydrogen-bond donors (Lipinski definition) is 1. The van der Waals surface area contributed by atoms with Crippen LogP contribution in [0.5, 0.6) is 0 Å². The van der Waals surface area contributed by atoms with E-state index in [-0.39, 0.29) is 4.75 Å². The van der Waals surface area contributed by atoms with Crippen LogP contribution in [0.25, 0.3) is 0 Å². The first kappa shape index (κ1) is 12.3. The van der Waals surface area contributed by atoms with Crippen LogP contribution in [0, 0.1) is 16.2 Å². The van der Waals surface area contributed by atoms with Crippen LogP contribution in [-0.4, -0.2) is 14.5 Å². The molecule has 0 aromatic carbocycles. The van der Waals surface area contributed by atoms with E-state index in [0.29, 0.717) is 16.2 Å². The van der Waals surface area contributed by atoms with E-state index in [2.05, 4.69) is 29.8 Å². The molecule has 5 rings (SSSR count). The van der Waals surface area contributed by atoms with Crippen molar-refractivity contribution in [1.82, 2.24) is 9.78 Å². The third-order valence-corrected chi connectivity index (χ3v) is 6.20. The van der Waals surface area contributed by atoms with Crippen molar-refractivity contribution in [2.75, 3.05) is 0 Å². The van der Waals surface area contributed by atoms with Gasteiger partial charge < -0.3 is 0 Å². The Kier molecular flexibility index (Phi) is 2.21. The van der Waals surface area contributed by atoms with Gasteiger partial charge in [0.05, 0.1) is 0 Å². The van der Waals surface area contributed by atoms with Crippen molar-refractivity contribution in [1.29, 1.82) is 0 Å². The lowest BCUT2D eigenvalue weighted by Gasteiger charge is -2.68. The van der Waals surface area contributed by atoms with Crippen LogP contribution in [0.15, 0.2) is 18.5 Å². The zero-order valence-corrected chi connectivity index (χ0v) is 12.9. The number of thiol groups is 1. The van der Waals surface area contributed by atoms with E-state index >= 15 is 0 Å². The molecule has 0 saturated heterocycles. The van der Waals surface area contributed by atoms with Gasteiger partial charge in [0.15, 0.2) is 0 Å². The van der Waals surface area contributed by atoms with Crippen molar-refractivity contribution in [2.45, 2.75) is 63.7 Å². The predicted octanol–water partition coefficient (Wildman–Crippen LogP) is 3.93. The Labute approximate surface area is 121 Å². The van der Waals surface area contributed by atoms with E-state index < -0.39 is 0 Å². The molecule has 1 aromatic rings. The smallest absolute Gasteiger partial charge is 0.0489 e. The molecule has 1 aromatic heterocycles. The fraction of sp³-hybridized carbons (Fsp3) is 0.812. The predicted molar refractivity (Wildman–Crippen MR) is 80.3 cm³/mol. The van der Waals surface area contributed by atoms with Crippen molar-refractivity contribution in [3.63, 3.8) is 0 Å². The first-order chi connectivity index (χ1) is 8.82. The number of hydrogen-bond acceptors (Lipinski definition) is 2. The molecule has 4 fully saturated rings. The second-order valence-electron chi connectivity index (χ2n) is 8.61. The molecule has 4 saturated carbocycles. The summed E-state index contributed by atoms with van der Waals surface area (Å²) in [5, 5.41) is 4.45. The molecule has 4 aliphatic rings. The molecule has 0 amide bonds. The lowest BCUT2D eigenvalue weighted by Crippen LogP contribution is -2.61. The van der Waals surface area contributed by atoms with E-state index in [1.54, 1.807) is 0 Å². The minimum Gasteiger partial charge on any atom is -0.272 e. The van der Waals surface area contributed by atoms with Crippen LogP contribution in [0.1, 0.15) is 52.4 Å². The van der Waals surface area contributed by atoms with Gasteiger partial charge >= 0.3 is 0 Å². The second-order valence-corrected chi connectivity index (χ2v) is 9.56. The Morgan fingerprint density at radius 2 is 1.74 bits per heavy atom. The summed E-state index contributed by atoms with van der Waals surface area (Å²) >= 11 is 5.13. The van der Waals surface area contributed by atoms with E-state index in [4.69, 9.17) is 12.6 Å². The van der Waals surface area contributed by atoms with Crippen LogP contribution in [-0.2, 0) is 6.54 Å². The highest BCUT2D eigenvalue weighted by Gasteiger charge is 2.64. The van der Waals surface area contributed by atoms with Gasteiger partial charge in [-0.3, -0.25) is 4.68 Å². The molecule has 0 aliphatic heterocycles. The Hall–Kier alpha value is -0.440. The third-order valence-electron chi connectivity index (χ3n) is 5.73. The first-order valence-electron chi connectivity index (χ1n) is 7.52. The zero-order chi connectivity index (χ0) is 13.4. The van der Waals surface area contributed by atoms with Gasteiger partial charge in [0.1, 0.15) is 0 Å². The van der Waals surface area contributed by atoms with Crippen LogP contribution in [0.3, 0.4) is 0 Å². The molecular weight excluding hydrogens is 252 g/mol. The maximum atomic E-state index is 5.13. The lowest BCUT2D eigenvalue weighted by molar-refractivity contribution is -0.138. The summed E-state index contributed by atoms with van der Waals surface area (Å²) in [6.07, 6.45) is 12.1. The molecule has 4 atom stereocenters. The van der Waals surface area contributed by atoms with Gasteiger partial charge in [-0.1, -0.05) is 13.8 Å². The minimum absolute atomic E-state index is 0.283. The fourth-order valence-electron chi connectivity index (χ4n) is 6.78. The summed E-state index contributed by atoms with van der Waals surface area (Å²) in [4.78, 5) is 0. The molecule has 4 bridgehead atoms. The van der Waals surface area contributed by atoms with Crippen LogP contribution in [0.2, 0.25) is 0 Å². The molecule has 1 heterocycles. The van der Waals surface area contributed by atoms with E-state index in [1.165, 1.54) is 38.5 Å². The molecule has 4 aliphatic carbocycles. The van der Waals surface area contributed by atoms with Gasteiger partial charge in [-0.05, 0) is 60.8 Å². The summed E-state index contributed by atoms with van der Waals surface area (Å²) in [5.74, 6) is 0. The zero-order valence-electron chi connectivity index (χ0n) is 12.0. The molecule has 3 heteroatoms. The summed E-state index contributed by atoms with van der Waals surface area (Å²) < 4.78 is 2.43. The molecule has 104 valence electrons. The number of nitrogens with zero attached hydrogens (tertiary/aromatic N) is 2. The molecule has 2 unspecified atom stereocenters.